The van der Waals surface area contributed by atoms with Crippen LogP contribution in [0.3, 0.4) is 0 Å². The molecule has 1 saturated heterocycles. The van der Waals surface area contributed by atoms with Crippen molar-refractivity contribution in [2.24, 2.45) is 5.73 Å². The van der Waals surface area contributed by atoms with Crippen molar-refractivity contribution in [3.63, 3.8) is 0 Å². The topological polar surface area (TPSA) is 29.3 Å². The monoisotopic (exact) mass is 168 g/mol. The average molecular weight is 168 g/mol. The first kappa shape index (κ1) is 9.75. The number of nitrogens with two attached hydrogens (primary N) is 1. The molecule has 1 rings (SSSR count). The van der Waals surface area contributed by atoms with Gasteiger partial charge in [0.15, 0.2) is 0 Å². The van der Waals surface area contributed by atoms with Crippen molar-refractivity contribution in [2.75, 3.05) is 26.7 Å². The first-order valence-electron chi connectivity index (χ1n) is 4.89. The molecule has 12 heavy (non-hydrogen) atoms. The van der Waals surface area contributed by atoms with Crippen molar-refractivity contribution in [3.8, 4) is 0 Å². The highest BCUT2D eigenvalue weighted by molar-refractivity contribution is 5.03. The highest BCUT2D eigenvalue weighted by atomic mass is 15.1. The second kappa shape index (κ2) is 5.33. The van der Waals surface area contributed by atoms with Crippen molar-refractivity contribution >= 4 is 0 Å². The molecule has 0 aromatic rings. The quantitative estimate of drug-likeness (QED) is 0.631. The van der Waals surface area contributed by atoms with Gasteiger partial charge in [0.2, 0.25) is 0 Å². The largest absolute Gasteiger partial charge is 0.330 e. The maximum absolute atomic E-state index is 5.46. The lowest BCUT2D eigenvalue weighted by molar-refractivity contribution is 0.351. The molecule has 0 amide bonds. The molecule has 0 aliphatic carbocycles. The molecule has 0 radical (unpaired) electrons. The molecule has 0 unspecified atom stereocenters. The zero-order valence-corrected chi connectivity index (χ0v) is 8.05. The highest BCUT2D eigenvalue weighted by Gasteiger charge is 2.06. The van der Waals surface area contributed by atoms with E-state index in [0.29, 0.717) is 0 Å². The second-order valence-electron chi connectivity index (χ2n) is 3.60. The van der Waals surface area contributed by atoms with E-state index in [1.165, 1.54) is 32.4 Å². The first-order valence-corrected chi connectivity index (χ1v) is 4.89. The van der Waals surface area contributed by atoms with Gasteiger partial charge < -0.3 is 10.6 Å². The molecule has 2 heteroatoms. The van der Waals surface area contributed by atoms with E-state index in [4.69, 9.17) is 5.73 Å². The average Bonchev–Trinajstić information content (AvgIpc) is 2.27. The standard InChI is InChI=1S/C10H20N2/c1-12-8-3-5-10(6-9-12)4-2-7-11/h4H,2-3,5-9,11H2,1H3/b10-4-. The molecule has 2 nitrogen and oxygen atoms in total. The number of hydrogen-bond donors (Lipinski definition) is 1. The molecule has 0 bridgehead atoms. The lowest BCUT2D eigenvalue weighted by Crippen LogP contribution is -2.18. The fraction of sp³-hybridized carbons (Fsp3) is 0.800. The van der Waals surface area contributed by atoms with Crippen LogP contribution in [0, 0.1) is 0 Å². The van der Waals surface area contributed by atoms with Crippen LogP contribution in [0.5, 0.6) is 0 Å². The van der Waals surface area contributed by atoms with Gasteiger partial charge in [0.25, 0.3) is 0 Å². The van der Waals surface area contributed by atoms with Gasteiger partial charge in [-0.15, -0.1) is 0 Å². The van der Waals surface area contributed by atoms with Crippen LogP contribution in [0.4, 0.5) is 0 Å². The Hall–Kier alpha value is -0.340. The van der Waals surface area contributed by atoms with E-state index in [-0.39, 0.29) is 0 Å². The Morgan fingerprint density at radius 3 is 3.00 bits per heavy atom. The van der Waals surface area contributed by atoms with E-state index < -0.39 is 0 Å². The second-order valence-corrected chi connectivity index (χ2v) is 3.60. The van der Waals surface area contributed by atoms with Crippen molar-refractivity contribution in [1.82, 2.24) is 4.90 Å². The van der Waals surface area contributed by atoms with Crippen LogP contribution < -0.4 is 5.73 Å². The normalized spacial score (nSPS) is 24.3. The van der Waals surface area contributed by atoms with Gasteiger partial charge in [0.1, 0.15) is 0 Å². The number of likely N-dealkylation sites (tertiary alicyclic amines) is 1. The summed E-state index contributed by atoms with van der Waals surface area (Å²) < 4.78 is 0. The summed E-state index contributed by atoms with van der Waals surface area (Å²) in [6, 6.07) is 0. The van der Waals surface area contributed by atoms with E-state index in [1.54, 1.807) is 5.57 Å². The zero-order valence-electron chi connectivity index (χ0n) is 8.05. The van der Waals surface area contributed by atoms with Gasteiger partial charge in [-0.3, -0.25) is 0 Å². The zero-order chi connectivity index (χ0) is 8.81. The summed E-state index contributed by atoms with van der Waals surface area (Å²) in [4.78, 5) is 2.41. The molecule has 1 aliphatic rings. The van der Waals surface area contributed by atoms with E-state index in [2.05, 4.69) is 18.0 Å². The fourth-order valence-corrected chi connectivity index (χ4v) is 1.64. The third-order valence-corrected chi connectivity index (χ3v) is 2.45. The summed E-state index contributed by atoms with van der Waals surface area (Å²) in [5.74, 6) is 0. The minimum atomic E-state index is 0.791. The van der Waals surface area contributed by atoms with Gasteiger partial charge in [-0.1, -0.05) is 11.6 Å². The van der Waals surface area contributed by atoms with Crippen molar-refractivity contribution in [3.05, 3.63) is 11.6 Å². The van der Waals surface area contributed by atoms with Crippen LogP contribution in [0.1, 0.15) is 25.7 Å². The third-order valence-electron chi connectivity index (χ3n) is 2.45. The van der Waals surface area contributed by atoms with Crippen molar-refractivity contribution in [1.29, 1.82) is 0 Å². The molecule has 1 heterocycles. The van der Waals surface area contributed by atoms with Crippen molar-refractivity contribution in [2.45, 2.75) is 25.7 Å². The van der Waals surface area contributed by atoms with Crippen LogP contribution in [0.2, 0.25) is 0 Å². The third kappa shape index (κ3) is 3.37. The van der Waals surface area contributed by atoms with Crippen LogP contribution in [-0.4, -0.2) is 31.6 Å². The molecule has 0 aromatic carbocycles. The summed E-state index contributed by atoms with van der Waals surface area (Å²) in [5.41, 5.74) is 7.07. The Balaban J connectivity index is 2.35. The SMILES string of the molecule is CN1CCC/C(=C/CCN)CC1. The van der Waals surface area contributed by atoms with Gasteiger partial charge >= 0.3 is 0 Å². The minimum absolute atomic E-state index is 0.791. The van der Waals surface area contributed by atoms with Gasteiger partial charge in [0.05, 0.1) is 0 Å². The molecule has 70 valence electrons. The molecule has 2 N–H and O–H groups in total. The molecule has 0 atom stereocenters. The Morgan fingerprint density at radius 2 is 2.25 bits per heavy atom. The number of hydrogen-bond acceptors (Lipinski definition) is 2. The summed E-state index contributed by atoms with van der Waals surface area (Å²) in [6.45, 7) is 3.26. The van der Waals surface area contributed by atoms with Crippen LogP contribution >= 0.6 is 0 Å². The van der Waals surface area contributed by atoms with Crippen molar-refractivity contribution < 1.29 is 0 Å². The van der Waals surface area contributed by atoms with Gasteiger partial charge in [-0.2, -0.15) is 0 Å². The Kier molecular flexibility index (Phi) is 4.33. The fourth-order valence-electron chi connectivity index (χ4n) is 1.64. The molecule has 0 spiro atoms. The number of rotatable bonds is 2. The van der Waals surface area contributed by atoms with E-state index >= 15 is 0 Å². The highest BCUT2D eigenvalue weighted by Crippen LogP contribution is 2.15. The Bertz CT molecular complexity index is 152. The Morgan fingerprint density at radius 1 is 1.42 bits per heavy atom. The van der Waals surface area contributed by atoms with Gasteiger partial charge in [0, 0.05) is 6.54 Å². The first-order chi connectivity index (χ1) is 5.83. The smallest absolute Gasteiger partial charge is 0.00155 e. The van der Waals surface area contributed by atoms with Gasteiger partial charge in [-0.25, -0.2) is 0 Å². The van der Waals surface area contributed by atoms with Crippen LogP contribution in [-0.2, 0) is 0 Å². The molecule has 0 saturated carbocycles. The van der Waals surface area contributed by atoms with Crippen LogP contribution in [0.15, 0.2) is 11.6 Å². The number of nitrogens with zero attached hydrogens (tertiary/aromatic N) is 1. The molecule has 1 fully saturated rings. The van der Waals surface area contributed by atoms with E-state index in [0.717, 1.165) is 13.0 Å². The van der Waals surface area contributed by atoms with Gasteiger partial charge in [-0.05, 0) is 45.8 Å². The maximum atomic E-state index is 5.46. The maximum Gasteiger partial charge on any atom is 0.00155 e. The summed E-state index contributed by atoms with van der Waals surface area (Å²) >= 11 is 0. The van der Waals surface area contributed by atoms with E-state index in [1.807, 2.05) is 0 Å². The summed E-state index contributed by atoms with van der Waals surface area (Å²) in [5, 5.41) is 0. The minimum Gasteiger partial charge on any atom is -0.330 e. The molecular formula is C10H20N2. The van der Waals surface area contributed by atoms with Crippen LogP contribution in [0.25, 0.3) is 0 Å². The Labute approximate surface area is 75.4 Å². The van der Waals surface area contributed by atoms with E-state index in [9.17, 15) is 0 Å². The summed E-state index contributed by atoms with van der Waals surface area (Å²) in [7, 11) is 2.20. The predicted octanol–water partition coefficient (Wildman–Crippen LogP) is 1.38. The molecule has 1 aliphatic heterocycles. The predicted molar refractivity (Wildman–Crippen MR) is 53.1 cm³/mol. The lowest BCUT2D eigenvalue weighted by atomic mass is 10.1. The molecular weight excluding hydrogens is 148 g/mol. The molecule has 0 aromatic heterocycles. The lowest BCUT2D eigenvalue weighted by Gasteiger charge is -2.10. The summed E-state index contributed by atoms with van der Waals surface area (Å²) in [6.07, 6.45) is 7.23.